The summed E-state index contributed by atoms with van der Waals surface area (Å²) < 4.78 is 2.14. The van der Waals surface area contributed by atoms with Gasteiger partial charge in [0.1, 0.15) is 5.82 Å². The molecule has 0 amide bonds. The highest BCUT2D eigenvalue weighted by Crippen LogP contribution is 2.32. The lowest BCUT2D eigenvalue weighted by Crippen LogP contribution is -2.03. The second-order valence-electron chi connectivity index (χ2n) is 4.90. The number of aliphatic imine (C=N–C) groups is 1. The molecule has 0 radical (unpaired) electrons. The number of fused-ring (bicyclic) bond motifs is 3. The Hall–Kier alpha value is -2.39. The number of rotatable bonds is 1. The Morgan fingerprint density at radius 1 is 1.00 bits per heavy atom. The molecule has 0 unspecified atom stereocenters. The van der Waals surface area contributed by atoms with Gasteiger partial charge in [-0.25, -0.2) is 4.98 Å². The molecule has 0 atom stereocenters. The molecule has 2 heterocycles. The highest BCUT2D eigenvalue weighted by Gasteiger charge is 2.18. The van der Waals surface area contributed by atoms with Crippen molar-refractivity contribution in [2.45, 2.75) is 6.54 Å². The van der Waals surface area contributed by atoms with Gasteiger partial charge in [0.2, 0.25) is 0 Å². The molecule has 0 spiro atoms. The molecule has 0 N–H and O–H groups in total. The summed E-state index contributed by atoms with van der Waals surface area (Å²) in [6, 6.07) is 16.0. The minimum absolute atomic E-state index is 0.569. The molecule has 102 valence electrons. The van der Waals surface area contributed by atoms with Gasteiger partial charge in [0.15, 0.2) is 0 Å². The van der Waals surface area contributed by atoms with Gasteiger partial charge in [-0.05, 0) is 12.1 Å². The number of halogens is 1. The van der Waals surface area contributed by atoms with Crippen molar-refractivity contribution in [1.82, 2.24) is 9.55 Å². The second-order valence-corrected chi connectivity index (χ2v) is 5.31. The van der Waals surface area contributed by atoms with Gasteiger partial charge in [-0.2, -0.15) is 0 Å². The fraction of sp³-hybridized carbons (Fsp3) is 0.0588. The van der Waals surface area contributed by atoms with Gasteiger partial charge >= 0.3 is 0 Å². The van der Waals surface area contributed by atoms with Crippen LogP contribution in [-0.2, 0) is 6.54 Å². The van der Waals surface area contributed by atoms with E-state index in [-0.39, 0.29) is 0 Å². The van der Waals surface area contributed by atoms with E-state index in [2.05, 4.69) is 26.7 Å². The van der Waals surface area contributed by atoms with Crippen molar-refractivity contribution in [3.63, 3.8) is 0 Å². The first-order valence-electron chi connectivity index (χ1n) is 6.75. The van der Waals surface area contributed by atoms with Crippen molar-refractivity contribution in [1.29, 1.82) is 0 Å². The molecule has 0 aliphatic carbocycles. The predicted octanol–water partition coefficient (Wildman–Crippen LogP) is 4.13. The number of imidazole rings is 1. The Kier molecular flexibility index (Phi) is 2.86. The topological polar surface area (TPSA) is 30.2 Å². The van der Waals surface area contributed by atoms with E-state index in [1.807, 2.05) is 48.8 Å². The summed E-state index contributed by atoms with van der Waals surface area (Å²) in [7, 11) is 0. The zero-order valence-electron chi connectivity index (χ0n) is 11.2. The summed E-state index contributed by atoms with van der Waals surface area (Å²) in [5.41, 5.74) is 4.15. The maximum atomic E-state index is 6.35. The Morgan fingerprint density at radius 2 is 1.81 bits per heavy atom. The maximum Gasteiger partial charge on any atom is 0.135 e. The van der Waals surface area contributed by atoms with Gasteiger partial charge in [-0.3, -0.25) is 9.56 Å². The first kappa shape index (κ1) is 12.4. The Morgan fingerprint density at radius 3 is 2.71 bits per heavy atom. The smallest absolute Gasteiger partial charge is 0.135 e. The summed E-state index contributed by atoms with van der Waals surface area (Å²) in [5.74, 6) is 0.922. The van der Waals surface area contributed by atoms with Gasteiger partial charge < -0.3 is 0 Å². The van der Waals surface area contributed by atoms with E-state index in [4.69, 9.17) is 11.6 Å². The molecule has 21 heavy (non-hydrogen) atoms. The van der Waals surface area contributed by atoms with E-state index in [0.717, 1.165) is 33.4 Å². The highest BCUT2D eigenvalue weighted by molar-refractivity contribution is 6.33. The lowest BCUT2D eigenvalue weighted by Gasteiger charge is -2.13. The lowest BCUT2D eigenvalue weighted by atomic mass is 10.1. The molecule has 0 saturated carbocycles. The molecular formula is C17H12ClN3. The standard InChI is InChI=1S/C17H12ClN3/c18-14-7-3-2-6-13(14)16-10-20-17-11-19-9-12-5-1-4-8-15(12)21(16)17/h1-10H,11H2. The van der Waals surface area contributed by atoms with Crippen LogP contribution in [0.4, 0.5) is 0 Å². The quantitative estimate of drug-likeness (QED) is 0.663. The third-order valence-electron chi connectivity index (χ3n) is 3.63. The molecule has 4 rings (SSSR count). The first-order chi connectivity index (χ1) is 10.3. The predicted molar refractivity (Wildman–Crippen MR) is 85.3 cm³/mol. The lowest BCUT2D eigenvalue weighted by molar-refractivity contribution is 0.884. The van der Waals surface area contributed by atoms with E-state index >= 15 is 0 Å². The Labute approximate surface area is 127 Å². The molecule has 0 bridgehead atoms. The fourth-order valence-electron chi connectivity index (χ4n) is 2.66. The van der Waals surface area contributed by atoms with Crippen molar-refractivity contribution < 1.29 is 0 Å². The van der Waals surface area contributed by atoms with Gasteiger partial charge in [0, 0.05) is 22.4 Å². The third-order valence-corrected chi connectivity index (χ3v) is 3.96. The average Bonchev–Trinajstić information content (AvgIpc) is 2.83. The van der Waals surface area contributed by atoms with Crippen LogP contribution in [0.3, 0.4) is 0 Å². The molecule has 2 aromatic carbocycles. The molecule has 0 fully saturated rings. The molecular weight excluding hydrogens is 282 g/mol. The maximum absolute atomic E-state index is 6.35. The van der Waals surface area contributed by atoms with Crippen LogP contribution < -0.4 is 0 Å². The number of benzene rings is 2. The van der Waals surface area contributed by atoms with E-state index in [1.54, 1.807) is 0 Å². The fourth-order valence-corrected chi connectivity index (χ4v) is 2.89. The summed E-state index contributed by atoms with van der Waals surface area (Å²) >= 11 is 6.35. The van der Waals surface area contributed by atoms with Gasteiger partial charge in [-0.1, -0.05) is 48.0 Å². The molecule has 0 saturated heterocycles. The summed E-state index contributed by atoms with van der Waals surface area (Å²) in [6.07, 6.45) is 3.77. The van der Waals surface area contributed by atoms with Gasteiger partial charge in [0.25, 0.3) is 0 Å². The molecule has 1 aliphatic heterocycles. The van der Waals surface area contributed by atoms with Gasteiger partial charge in [-0.15, -0.1) is 0 Å². The van der Waals surface area contributed by atoms with Gasteiger partial charge in [0.05, 0.1) is 24.1 Å². The highest BCUT2D eigenvalue weighted by atomic mass is 35.5. The number of aromatic nitrogens is 2. The zero-order valence-corrected chi connectivity index (χ0v) is 12.0. The van der Waals surface area contributed by atoms with Crippen molar-refractivity contribution in [2.75, 3.05) is 0 Å². The van der Waals surface area contributed by atoms with Crippen LogP contribution in [0, 0.1) is 0 Å². The Balaban J connectivity index is 2.02. The van der Waals surface area contributed by atoms with Crippen LogP contribution >= 0.6 is 11.6 Å². The van der Waals surface area contributed by atoms with Crippen LogP contribution in [-0.4, -0.2) is 15.8 Å². The van der Waals surface area contributed by atoms with Crippen LogP contribution in [0.5, 0.6) is 0 Å². The van der Waals surface area contributed by atoms with Crippen LogP contribution in [0.15, 0.2) is 59.7 Å². The average molecular weight is 294 g/mol. The molecule has 3 aromatic rings. The van der Waals surface area contributed by atoms with Crippen molar-refractivity contribution in [3.8, 4) is 16.9 Å². The van der Waals surface area contributed by atoms with Crippen molar-refractivity contribution >= 4 is 17.8 Å². The Bertz CT molecular complexity index is 849. The number of hydrogen-bond acceptors (Lipinski definition) is 2. The van der Waals surface area contributed by atoms with Crippen LogP contribution in [0.25, 0.3) is 16.9 Å². The minimum Gasteiger partial charge on any atom is -0.294 e. The summed E-state index contributed by atoms with van der Waals surface area (Å²) in [4.78, 5) is 8.97. The zero-order chi connectivity index (χ0) is 14.2. The molecule has 3 nitrogen and oxygen atoms in total. The largest absolute Gasteiger partial charge is 0.294 e. The first-order valence-corrected chi connectivity index (χ1v) is 7.13. The van der Waals surface area contributed by atoms with Crippen molar-refractivity contribution in [2.24, 2.45) is 4.99 Å². The number of nitrogens with zero attached hydrogens (tertiary/aromatic N) is 3. The van der Waals surface area contributed by atoms with E-state index in [1.165, 1.54) is 0 Å². The number of para-hydroxylation sites is 1. The summed E-state index contributed by atoms with van der Waals surface area (Å²) in [6.45, 7) is 0.569. The summed E-state index contributed by atoms with van der Waals surface area (Å²) in [5, 5.41) is 0.725. The molecule has 4 heteroatoms. The minimum atomic E-state index is 0.569. The van der Waals surface area contributed by atoms with E-state index in [9.17, 15) is 0 Å². The molecule has 1 aliphatic rings. The van der Waals surface area contributed by atoms with Crippen LogP contribution in [0.2, 0.25) is 5.02 Å². The number of hydrogen-bond donors (Lipinski definition) is 0. The van der Waals surface area contributed by atoms with E-state index < -0.39 is 0 Å². The van der Waals surface area contributed by atoms with Crippen LogP contribution in [0.1, 0.15) is 11.4 Å². The normalized spacial score (nSPS) is 12.6. The molecule has 1 aromatic heterocycles. The monoisotopic (exact) mass is 293 g/mol. The third kappa shape index (κ3) is 1.98. The van der Waals surface area contributed by atoms with Crippen molar-refractivity contribution in [3.05, 3.63) is 71.1 Å². The van der Waals surface area contributed by atoms with E-state index in [0.29, 0.717) is 6.54 Å². The second kappa shape index (κ2) is 4.86. The SMILES string of the molecule is Clc1ccccc1-c1cnc2n1-c1ccccc1C=NC2.